The third kappa shape index (κ3) is 3.10. The highest BCUT2D eigenvalue weighted by Crippen LogP contribution is 2.29. The first kappa shape index (κ1) is 17.4. The van der Waals surface area contributed by atoms with Crippen molar-refractivity contribution in [1.82, 2.24) is 14.3 Å². The molecule has 0 radical (unpaired) electrons. The summed E-state index contributed by atoms with van der Waals surface area (Å²) in [7, 11) is 0. The summed E-state index contributed by atoms with van der Waals surface area (Å²) >= 11 is 0. The van der Waals surface area contributed by atoms with Crippen molar-refractivity contribution < 1.29 is 14.3 Å². The molecule has 7 nitrogen and oxygen atoms in total. The average Bonchev–Trinajstić information content (AvgIpc) is 3.44. The van der Waals surface area contributed by atoms with E-state index in [0.29, 0.717) is 31.9 Å². The molecule has 1 aliphatic heterocycles. The van der Waals surface area contributed by atoms with Crippen LogP contribution in [0.3, 0.4) is 0 Å². The molecule has 0 atom stereocenters. The molecule has 7 heteroatoms. The second kappa shape index (κ2) is 7.01. The molecule has 146 valence electrons. The highest BCUT2D eigenvalue weighted by molar-refractivity contribution is 5.91. The minimum atomic E-state index is -0.0712. The van der Waals surface area contributed by atoms with Gasteiger partial charge in [0.15, 0.2) is 11.6 Å². The number of benzene rings is 1. The number of aromatic nitrogens is 2. The number of rotatable bonds is 3. The standard InChI is InChI=1S/C22H20N4O3/c27-17-5-3-16(4-6-17)18-7-8-19-21(23-9-10-26(18)19)24-11-13-25(14-12-24)22(28)20-2-1-15-29-20/h1-10,15,27H,11-14H2. The van der Waals surface area contributed by atoms with Crippen molar-refractivity contribution >= 4 is 17.2 Å². The predicted octanol–water partition coefficient (Wildman–Crippen LogP) is 3.26. The van der Waals surface area contributed by atoms with E-state index in [1.54, 1.807) is 30.5 Å². The number of aromatic hydroxyl groups is 1. The van der Waals surface area contributed by atoms with Gasteiger partial charge in [0.25, 0.3) is 5.91 Å². The van der Waals surface area contributed by atoms with E-state index < -0.39 is 0 Å². The van der Waals surface area contributed by atoms with Crippen molar-refractivity contribution in [2.75, 3.05) is 31.1 Å². The molecule has 1 N–H and O–H groups in total. The first-order valence-corrected chi connectivity index (χ1v) is 9.54. The van der Waals surface area contributed by atoms with Crippen LogP contribution < -0.4 is 4.90 Å². The average molecular weight is 388 g/mol. The normalized spacial score (nSPS) is 14.5. The van der Waals surface area contributed by atoms with E-state index in [1.165, 1.54) is 6.26 Å². The fourth-order valence-corrected chi connectivity index (χ4v) is 3.82. The van der Waals surface area contributed by atoms with Crippen LogP contribution in [0.5, 0.6) is 5.75 Å². The molecule has 0 saturated carbocycles. The number of phenols is 1. The van der Waals surface area contributed by atoms with Crippen LogP contribution in [-0.2, 0) is 0 Å². The first-order chi connectivity index (χ1) is 14.2. The number of anilines is 1. The second-order valence-electron chi connectivity index (χ2n) is 7.03. The van der Waals surface area contributed by atoms with Crippen LogP contribution in [0.1, 0.15) is 10.6 Å². The predicted molar refractivity (Wildman–Crippen MR) is 109 cm³/mol. The van der Waals surface area contributed by atoms with Gasteiger partial charge in [-0.1, -0.05) is 0 Å². The molecule has 1 amide bonds. The third-order valence-electron chi connectivity index (χ3n) is 5.32. The maximum Gasteiger partial charge on any atom is 0.289 e. The lowest BCUT2D eigenvalue weighted by molar-refractivity contribution is 0.0714. The van der Waals surface area contributed by atoms with Crippen molar-refractivity contribution in [3.05, 3.63) is 72.9 Å². The van der Waals surface area contributed by atoms with Gasteiger partial charge in [-0.2, -0.15) is 0 Å². The molecule has 0 bridgehead atoms. The monoisotopic (exact) mass is 388 g/mol. The molecule has 1 aromatic carbocycles. The fraction of sp³-hybridized carbons (Fsp3) is 0.182. The Morgan fingerprint density at radius 1 is 1.00 bits per heavy atom. The van der Waals surface area contributed by atoms with Gasteiger partial charge in [-0.15, -0.1) is 0 Å². The SMILES string of the molecule is O=C(c1ccco1)N1CCN(c2nccn3c(-c4ccc(O)cc4)ccc23)CC1. The molecule has 0 aliphatic carbocycles. The molecule has 3 aromatic heterocycles. The van der Waals surface area contributed by atoms with E-state index in [2.05, 4.69) is 26.4 Å². The Balaban J connectivity index is 1.39. The molecule has 1 fully saturated rings. The summed E-state index contributed by atoms with van der Waals surface area (Å²) in [6.45, 7) is 2.65. The number of fused-ring (bicyclic) bond motifs is 1. The number of nitrogens with zero attached hydrogens (tertiary/aromatic N) is 4. The molecule has 4 aromatic rings. The lowest BCUT2D eigenvalue weighted by Gasteiger charge is -2.35. The molecular formula is C22H20N4O3. The van der Waals surface area contributed by atoms with Crippen molar-refractivity contribution in [2.45, 2.75) is 0 Å². The van der Waals surface area contributed by atoms with Crippen molar-refractivity contribution in [1.29, 1.82) is 0 Å². The molecule has 29 heavy (non-hydrogen) atoms. The highest BCUT2D eigenvalue weighted by Gasteiger charge is 2.25. The summed E-state index contributed by atoms with van der Waals surface area (Å²) in [5.41, 5.74) is 3.07. The van der Waals surface area contributed by atoms with Crippen LogP contribution in [0.25, 0.3) is 16.8 Å². The van der Waals surface area contributed by atoms with Gasteiger partial charge < -0.3 is 23.7 Å². The summed E-state index contributed by atoms with van der Waals surface area (Å²) in [5, 5.41) is 9.55. The Morgan fingerprint density at radius 2 is 1.79 bits per heavy atom. The minimum Gasteiger partial charge on any atom is -0.508 e. The molecule has 5 rings (SSSR count). The molecular weight excluding hydrogens is 368 g/mol. The largest absolute Gasteiger partial charge is 0.508 e. The fourth-order valence-electron chi connectivity index (χ4n) is 3.82. The summed E-state index contributed by atoms with van der Waals surface area (Å²) in [6.07, 6.45) is 5.26. The van der Waals surface area contributed by atoms with E-state index in [0.717, 1.165) is 22.6 Å². The van der Waals surface area contributed by atoms with E-state index >= 15 is 0 Å². The van der Waals surface area contributed by atoms with Gasteiger partial charge in [-0.3, -0.25) is 4.79 Å². The van der Waals surface area contributed by atoms with Gasteiger partial charge in [0, 0.05) is 38.6 Å². The molecule has 1 saturated heterocycles. The Morgan fingerprint density at radius 3 is 2.52 bits per heavy atom. The zero-order valence-electron chi connectivity index (χ0n) is 15.7. The van der Waals surface area contributed by atoms with Crippen LogP contribution in [-0.4, -0.2) is 51.5 Å². The lowest BCUT2D eigenvalue weighted by Crippen LogP contribution is -2.49. The smallest absolute Gasteiger partial charge is 0.289 e. The van der Waals surface area contributed by atoms with Crippen LogP contribution in [0.2, 0.25) is 0 Å². The van der Waals surface area contributed by atoms with Gasteiger partial charge >= 0.3 is 0 Å². The molecule has 0 unspecified atom stereocenters. The quantitative estimate of drug-likeness (QED) is 0.583. The zero-order chi connectivity index (χ0) is 19.8. The van der Waals surface area contributed by atoms with Crippen LogP contribution in [0.15, 0.2) is 71.6 Å². The Bertz CT molecular complexity index is 1140. The number of hydrogen-bond donors (Lipinski definition) is 1. The first-order valence-electron chi connectivity index (χ1n) is 9.54. The van der Waals surface area contributed by atoms with Gasteiger partial charge in [0.2, 0.25) is 0 Å². The van der Waals surface area contributed by atoms with Crippen molar-refractivity contribution in [3.63, 3.8) is 0 Å². The molecule has 0 spiro atoms. The van der Waals surface area contributed by atoms with Crippen molar-refractivity contribution in [2.24, 2.45) is 0 Å². The molecule has 4 heterocycles. The number of amides is 1. The Labute approximate surface area is 167 Å². The number of phenolic OH excluding ortho intramolecular Hbond substituents is 1. The van der Waals surface area contributed by atoms with Crippen LogP contribution in [0.4, 0.5) is 5.82 Å². The van der Waals surface area contributed by atoms with E-state index in [-0.39, 0.29) is 11.7 Å². The Hall–Kier alpha value is -3.74. The van der Waals surface area contributed by atoms with E-state index in [4.69, 9.17) is 4.42 Å². The topological polar surface area (TPSA) is 74.2 Å². The van der Waals surface area contributed by atoms with Gasteiger partial charge in [-0.05, 0) is 54.1 Å². The van der Waals surface area contributed by atoms with Crippen LogP contribution in [0, 0.1) is 0 Å². The molecule has 1 aliphatic rings. The number of hydrogen-bond acceptors (Lipinski definition) is 5. The maximum absolute atomic E-state index is 12.5. The second-order valence-corrected chi connectivity index (χ2v) is 7.03. The summed E-state index contributed by atoms with van der Waals surface area (Å²) in [5.74, 6) is 1.46. The minimum absolute atomic E-state index is 0.0712. The summed E-state index contributed by atoms with van der Waals surface area (Å²) in [4.78, 5) is 21.1. The lowest BCUT2D eigenvalue weighted by atomic mass is 10.1. The van der Waals surface area contributed by atoms with Gasteiger partial charge in [0.1, 0.15) is 5.75 Å². The summed E-state index contributed by atoms with van der Waals surface area (Å²) in [6, 6.07) is 14.7. The highest BCUT2D eigenvalue weighted by atomic mass is 16.3. The number of piperazine rings is 1. The number of carbonyl (C=O) groups is 1. The zero-order valence-corrected chi connectivity index (χ0v) is 15.7. The van der Waals surface area contributed by atoms with E-state index in [1.807, 2.05) is 23.2 Å². The summed E-state index contributed by atoms with van der Waals surface area (Å²) < 4.78 is 7.34. The van der Waals surface area contributed by atoms with Gasteiger partial charge in [0.05, 0.1) is 17.5 Å². The number of furan rings is 1. The van der Waals surface area contributed by atoms with Crippen LogP contribution >= 0.6 is 0 Å². The van der Waals surface area contributed by atoms with Gasteiger partial charge in [-0.25, -0.2) is 4.98 Å². The number of carbonyl (C=O) groups excluding carboxylic acids is 1. The third-order valence-corrected chi connectivity index (χ3v) is 5.32. The Kier molecular flexibility index (Phi) is 4.20. The maximum atomic E-state index is 12.5. The van der Waals surface area contributed by atoms with E-state index in [9.17, 15) is 9.90 Å². The van der Waals surface area contributed by atoms with Crippen molar-refractivity contribution in [3.8, 4) is 17.0 Å².